The van der Waals surface area contributed by atoms with E-state index >= 15 is 0 Å². The monoisotopic (exact) mass is 219 g/mol. The van der Waals surface area contributed by atoms with E-state index < -0.39 is 0 Å². The number of likely N-dealkylation sites (tertiary alicyclic amines) is 1. The van der Waals surface area contributed by atoms with E-state index in [1.807, 2.05) is 15.8 Å². The van der Waals surface area contributed by atoms with Gasteiger partial charge in [-0.25, -0.2) is 0 Å². The molecule has 0 unspecified atom stereocenters. The van der Waals surface area contributed by atoms with Gasteiger partial charge in [-0.05, 0) is 31.6 Å². The van der Waals surface area contributed by atoms with Crippen LogP contribution < -0.4 is 0 Å². The van der Waals surface area contributed by atoms with Crippen LogP contribution in [0.4, 0.5) is 0 Å². The molecule has 2 heterocycles. The smallest absolute Gasteiger partial charge is 0.257 e. The fourth-order valence-corrected chi connectivity index (χ4v) is 2.24. The highest BCUT2D eigenvalue weighted by Crippen LogP contribution is 2.30. The number of hydrogen-bond donors (Lipinski definition) is 0. The summed E-state index contributed by atoms with van der Waals surface area (Å²) in [6.07, 6.45) is 8.52. The van der Waals surface area contributed by atoms with Crippen LogP contribution in [-0.2, 0) is 6.54 Å². The maximum Gasteiger partial charge on any atom is 0.257 e. The Labute approximate surface area is 95.2 Å². The Bertz CT molecular complexity index is 389. The molecule has 86 valence electrons. The number of amides is 1. The lowest BCUT2D eigenvalue weighted by atomic mass is 10.3. The summed E-state index contributed by atoms with van der Waals surface area (Å²) in [4.78, 5) is 14.0. The summed E-state index contributed by atoms with van der Waals surface area (Å²) in [5, 5.41) is 4.26. The van der Waals surface area contributed by atoms with E-state index in [4.69, 9.17) is 0 Å². The predicted octanol–water partition coefficient (Wildman–Crippen LogP) is 1.53. The van der Waals surface area contributed by atoms with Crippen LogP contribution in [0, 0.1) is 5.92 Å². The molecule has 4 nitrogen and oxygen atoms in total. The molecule has 2 aliphatic rings. The quantitative estimate of drug-likeness (QED) is 0.773. The van der Waals surface area contributed by atoms with Crippen molar-refractivity contribution in [3.8, 4) is 0 Å². The van der Waals surface area contributed by atoms with Crippen molar-refractivity contribution in [2.45, 2.75) is 32.2 Å². The molecule has 0 spiro atoms. The molecule has 0 N–H and O–H groups in total. The molecule has 1 aliphatic heterocycles. The fourth-order valence-electron chi connectivity index (χ4n) is 2.24. The second kappa shape index (κ2) is 3.92. The van der Waals surface area contributed by atoms with Gasteiger partial charge in [0.05, 0.1) is 11.8 Å². The molecule has 0 radical (unpaired) electrons. The van der Waals surface area contributed by atoms with E-state index in [-0.39, 0.29) is 5.91 Å². The molecule has 1 aromatic rings. The molecular weight excluding hydrogens is 202 g/mol. The summed E-state index contributed by atoms with van der Waals surface area (Å²) in [5.74, 6) is 0.953. The molecule has 4 heteroatoms. The standard InChI is InChI=1S/C12H17N3O/c16-12(14-5-1-2-6-14)11-7-13-15(9-11)8-10-3-4-10/h7,9-10H,1-6,8H2. The number of carbonyl (C=O) groups is 1. The zero-order chi connectivity index (χ0) is 11.0. The van der Waals surface area contributed by atoms with Crippen LogP contribution in [0.5, 0.6) is 0 Å². The molecule has 1 aromatic heterocycles. The minimum absolute atomic E-state index is 0.152. The average molecular weight is 219 g/mol. The van der Waals surface area contributed by atoms with Crippen molar-refractivity contribution >= 4 is 5.91 Å². The third kappa shape index (κ3) is 1.96. The lowest BCUT2D eigenvalue weighted by Crippen LogP contribution is -2.27. The van der Waals surface area contributed by atoms with Gasteiger partial charge >= 0.3 is 0 Å². The lowest BCUT2D eigenvalue weighted by molar-refractivity contribution is 0.0792. The Balaban J connectivity index is 1.67. The Morgan fingerprint density at radius 1 is 1.38 bits per heavy atom. The summed E-state index contributed by atoms with van der Waals surface area (Å²) in [7, 11) is 0. The maximum atomic E-state index is 12.0. The highest BCUT2D eigenvalue weighted by Gasteiger charge is 2.24. The number of nitrogens with zero attached hydrogens (tertiary/aromatic N) is 3. The molecule has 0 atom stereocenters. The Kier molecular flexibility index (Phi) is 2.42. The van der Waals surface area contributed by atoms with Crippen molar-refractivity contribution in [1.29, 1.82) is 0 Å². The minimum Gasteiger partial charge on any atom is -0.339 e. The third-order valence-electron chi connectivity index (χ3n) is 3.42. The van der Waals surface area contributed by atoms with Crippen molar-refractivity contribution < 1.29 is 4.79 Å². The molecule has 1 saturated carbocycles. The van der Waals surface area contributed by atoms with Gasteiger partial charge in [0.2, 0.25) is 0 Å². The van der Waals surface area contributed by atoms with Crippen molar-refractivity contribution in [3.05, 3.63) is 18.0 Å². The van der Waals surface area contributed by atoms with E-state index in [1.54, 1.807) is 6.20 Å². The first-order valence-corrected chi connectivity index (χ1v) is 6.14. The van der Waals surface area contributed by atoms with Gasteiger partial charge in [0.1, 0.15) is 0 Å². The van der Waals surface area contributed by atoms with E-state index in [1.165, 1.54) is 12.8 Å². The number of carbonyl (C=O) groups excluding carboxylic acids is 1. The Morgan fingerprint density at radius 3 is 2.81 bits per heavy atom. The molecule has 3 rings (SSSR count). The molecule has 0 bridgehead atoms. The van der Waals surface area contributed by atoms with Crippen LogP contribution in [-0.4, -0.2) is 33.7 Å². The van der Waals surface area contributed by atoms with Crippen LogP contribution in [0.15, 0.2) is 12.4 Å². The van der Waals surface area contributed by atoms with Gasteiger partial charge in [-0.2, -0.15) is 5.10 Å². The van der Waals surface area contributed by atoms with Crippen LogP contribution in [0.3, 0.4) is 0 Å². The van der Waals surface area contributed by atoms with Crippen molar-refractivity contribution in [3.63, 3.8) is 0 Å². The largest absolute Gasteiger partial charge is 0.339 e. The van der Waals surface area contributed by atoms with Crippen LogP contribution in [0.1, 0.15) is 36.0 Å². The third-order valence-corrected chi connectivity index (χ3v) is 3.42. The van der Waals surface area contributed by atoms with Crippen molar-refractivity contribution in [2.24, 2.45) is 5.92 Å². The second-order valence-corrected chi connectivity index (χ2v) is 4.89. The van der Waals surface area contributed by atoms with E-state index in [9.17, 15) is 4.79 Å². The van der Waals surface area contributed by atoms with Gasteiger partial charge < -0.3 is 4.90 Å². The summed E-state index contributed by atoms with van der Waals surface area (Å²) >= 11 is 0. The summed E-state index contributed by atoms with van der Waals surface area (Å²) < 4.78 is 1.92. The van der Waals surface area contributed by atoms with E-state index in [0.717, 1.165) is 44.0 Å². The van der Waals surface area contributed by atoms with Gasteiger partial charge in [0.25, 0.3) is 5.91 Å². The van der Waals surface area contributed by atoms with Gasteiger partial charge in [-0.3, -0.25) is 9.48 Å². The Morgan fingerprint density at radius 2 is 2.12 bits per heavy atom. The molecular formula is C12H17N3O. The van der Waals surface area contributed by atoms with Gasteiger partial charge in [-0.1, -0.05) is 0 Å². The molecule has 16 heavy (non-hydrogen) atoms. The summed E-state index contributed by atoms with van der Waals surface area (Å²) in [6.45, 7) is 2.80. The average Bonchev–Trinajstić information content (AvgIpc) is 2.82. The van der Waals surface area contributed by atoms with E-state index in [2.05, 4.69) is 5.10 Å². The second-order valence-electron chi connectivity index (χ2n) is 4.89. The van der Waals surface area contributed by atoms with Crippen LogP contribution >= 0.6 is 0 Å². The molecule has 1 saturated heterocycles. The minimum atomic E-state index is 0.152. The number of aromatic nitrogens is 2. The normalized spacial score (nSPS) is 20.4. The van der Waals surface area contributed by atoms with E-state index in [0.29, 0.717) is 0 Å². The van der Waals surface area contributed by atoms with Gasteiger partial charge in [-0.15, -0.1) is 0 Å². The number of rotatable bonds is 3. The first-order chi connectivity index (χ1) is 7.83. The Hall–Kier alpha value is -1.32. The molecule has 1 amide bonds. The molecule has 1 aliphatic carbocycles. The SMILES string of the molecule is O=C(c1cnn(CC2CC2)c1)N1CCCC1. The van der Waals surface area contributed by atoms with Crippen molar-refractivity contribution in [2.75, 3.05) is 13.1 Å². The highest BCUT2D eigenvalue weighted by molar-refractivity contribution is 5.93. The predicted molar refractivity (Wildman–Crippen MR) is 60.1 cm³/mol. The van der Waals surface area contributed by atoms with Crippen molar-refractivity contribution in [1.82, 2.24) is 14.7 Å². The first kappa shape index (κ1) is 9.87. The molecule has 2 fully saturated rings. The van der Waals surface area contributed by atoms with Crippen LogP contribution in [0.2, 0.25) is 0 Å². The lowest BCUT2D eigenvalue weighted by Gasteiger charge is -2.13. The maximum absolute atomic E-state index is 12.0. The zero-order valence-corrected chi connectivity index (χ0v) is 9.43. The van der Waals surface area contributed by atoms with Gasteiger partial charge in [0, 0.05) is 25.8 Å². The van der Waals surface area contributed by atoms with Gasteiger partial charge in [0.15, 0.2) is 0 Å². The summed E-state index contributed by atoms with van der Waals surface area (Å²) in [5.41, 5.74) is 0.752. The first-order valence-electron chi connectivity index (χ1n) is 6.14. The topological polar surface area (TPSA) is 38.1 Å². The zero-order valence-electron chi connectivity index (χ0n) is 9.43. The number of hydrogen-bond acceptors (Lipinski definition) is 2. The van der Waals surface area contributed by atoms with Crippen LogP contribution in [0.25, 0.3) is 0 Å². The molecule has 0 aromatic carbocycles. The highest BCUT2D eigenvalue weighted by atomic mass is 16.2. The summed E-state index contributed by atoms with van der Waals surface area (Å²) in [6, 6.07) is 0. The fraction of sp³-hybridized carbons (Fsp3) is 0.667.